The van der Waals surface area contributed by atoms with E-state index in [1.165, 1.54) is 0 Å². The van der Waals surface area contributed by atoms with E-state index in [1.807, 2.05) is 6.07 Å². The first-order valence-corrected chi connectivity index (χ1v) is 6.77. The molecule has 1 aliphatic heterocycles. The number of hydrogen-bond donors (Lipinski definition) is 2. The molecule has 0 aromatic carbocycles. The number of carbonyl (C=O) groups is 1. The van der Waals surface area contributed by atoms with Crippen LogP contribution >= 0.6 is 0 Å². The molecule has 0 bridgehead atoms. The summed E-state index contributed by atoms with van der Waals surface area (Å²) in [6.07, 6.45) is 6.95. The second kappa shape index (κ2) is 6.52. The third-order valence-corrected chi connectivity index (χ3v) is 3.30. The van der Waals surface area contributed by atoms with Crippen molar-refractivity contribution in [1.29, 1.82) is 0 Å². The third kappa shape index (κ3) is 3.67. The van der Waals surface area contributed by atoms with E-state index in [0.717, 1.165) is 30.6 Å². The van der Waals surface area contributed by atoms with Gasteiger partial charge in [0, 0.05) is 12.2 Å². The summed E-state index contributed by atoms with van der Waals surface area (Å²) < 4.78 is 5.55. The lowest BCUT2D eigenvalue weighted by Gasteiger charge is -2.28. The number of pyridine rings is 1. The molecular formula is C14H20N2O3. The van der Waals surface area contributed by atoms with Gasteiger partial charge in [0.25, 0.3) is 0 Å². The van der Waals surface area contributed by atoms with Gasteiger partial charge in [-0.2, -0.15) is 0 Å². The van der Waals surface area contributed by atoms with Crippen LogP contribution in [-0.2, 0) is 4.79 Å². The standard InChI is InChI=1S/C14H20N2O3/c1-2-6-19-11-7-10(8-15-9-11)12-4-3-5-13(16-12)14(17)18/h7-9,12-13,16H,2-6H2,1H3,(H,17,18). The topological polar surface area (TPSA) is 71.5 Å². The number of piperidine rings is 1. The Balaban J connectivity index is 2.06. The number of carboxylic acid groups (broad SMARTS) is 1. The Morgan fingerprint density at radius 2 is 2.37 bits per heavy atom. The highest BCUT2D eigenvalue weighted by Crippen LogP contribution is 2.27. The zero-order chi connectivity index (χ0) is 13.7. The molecule has 0 radical (unpaired) electrons. The van der Waals surface area contributed by atoms with Crippen molar-refractivity contribution in [2.75, 3.05) is 6.61 Å². The Kier molecular flexibility index (Phi) is 4.74. The summed E-state index contributed by atoms with van der Waals surface area (Å²) in [6.45, 7) is 2.72. The van der Waals surface area contributed by atoms with Crippen LogP contribution in [0.5, 0.6) is 5.75 Å². The smallest absolute Gasteiger partial charge is 0.320 e. The van der Waals surface area contributed by atoms with Crippen LogP contribution in [0, 0.1) is 0 Å². The second-order valence-corrected chi connectivity index (χ2v) is 4.84. The van der Waals surface area contributed by atoms with Crippen LogP contribution in [0.3, 0.4) is 0 Å². The van der Waals surface area contributed by atoms with Crippen molar-refractivity contribution in [3.63, 3.8) is 0 Å². The number of aromatic nitrogens is 1. The molecule has 1 fully saturated rings. The number of nitrogens with one attached hydrogen (secondary N) is 1. The van der Waals surface area contributed by atoms with Gasteiger partial charge in [-0.1, -0.05) is 6.92 Å². The largest absolute Gasteiger partial charge is 0.492 e. The summed E-state index contributed by atoms with van der Waals surface area (Å²) in [7, 11) is 0. The second-order valence-electron chi connectivity index (χ2n) is 4.84. The quantitative estimate of drug-likeness (QED) is 0.852. The van der Waals surface area contributed by atoms with E-state index in [2.05, 4.69) is 17.2 Å². The summed E-state index contributed by atoms with van der Waals surface area (Å²) in [6, 6.07) is 1.54. The molecule has 2 rings (SSSR count). The van der Waals surface area contributed by atoms with Gasteiger partial charge in [0.2, 0.25) is 0 Å². The van der Waals surface area contributed by atoms with Crippen molar-refractivity contribution < 1.29 is 14.6 Å². The van der Waals surface area contributed by atoms with Gasteiger partial charge < -0.3 is 9.84 Å². The van der Waals surface area contributed by atoms with Gasteiger partial charge in [0.15, 0.2) is 0 Å². The average Bonchev–Trinajstić information content (AvgIpc) is 2.45. The maximum atomic E-state index is 11.0. The fourth-order valence-electron chi connectivity index (χ4n) is 2.32. The Hall–Kier alpha value is -1.62. The van der Waals surface area contributed by atoms with Crippen LogP contribution < -0.4 is 10.1 Å². The van der Waals surface area contributed by atoms with Crippen molar-refractivity contribution in [3.8, 4) is 5.75 Å². The Morgan fingerprint density at radius 1 is 1.53 bits per heavy atom. The molecule has 1 aromatic rings. The zero-order valence-electron chi connectivity index (χ0n) is 11.1. The lowest BCUT2D eigenvalue weighted by atomic mass is 9.94. The fraction of sp³-hybridized carbons (Fsp3) is 0.571. The molecule has 0 saturated carbocycles. The third-order valence-electron chi connectivity index (χ3n) is 3.30. The van der Waals surface area contributed by atoms with Crippen LogP contribution in [0.4, 0.5) is 0 Å². The van der Waals surface area contributed by atoms with E-state index in [4.69, 9.17) is 9.84 Å². The maximum absolute atomic E-state index is 11.0. The van der Waals surface area contributed by atoms with Gasteiger partial charge in [-0.15, -0.1) is 0 Å². The van der Waals surface area contributed by atoms with E-state index in [9.17, 15) is 4.79 Å². The van der Waals surface area contributed by atoms with Crippen LogP contribution in [0.25, 0.3) is 0 Å². The van der Waals surface area contributed by atoms with E-state index < -0.39 is 12.0 Å². The lowest BCUT2D eigenvalue weighted by molar-refractivity contribution is -0.140. The molecule has 1 aromatic heterocycles. The predicted molar refractivity (Wildman–Crippen MR) is 71.2 cm³/mol. The van der Waals surface area contributed by atoms with Crippen LogP contribution in [-0.4, -0.2) is 28.7 Å². The van der Waals surface area contributed by atoms with E-state index in [1.54, 1.807) is 12.4 Å². The number of hydrogen-bond acceptors (Lipinski definition) is 4. The lowest BCUT2D eigenvalue weighted by Crippen LogP contribution is -2.42. The summed E-state index contributed by atoms with van der Waals surface area (Å²) in [5.74, 6) is -0.0327. The Bertz CT molecular complexity index is 436. The van der Waals surface area contributed by atoms with Crippen molar-refractivity contribution >= 4 is 5.97 Å². The SMILES string of the molecule is CCCOc1cncc(C2CCCC(C(=O)O)N2)c1. The van der Waals surface area contributed by atoms with Crippen molar-refractivity contribution in [3.05, 3.63) is 24.0 Å². The number of rotatable bonds is 5. The molecule has 2 heterocycles. The highest BCUT2D eigenvalue weighted by Gasteiger charge is 2.27. The van der Waals surface area contributed by atoms with Gasteiger partial charge in [-0.05, 0) is 37.3 Å². The molecule has 5 nitrogen and oxygen atoms in total. The fourth-order valence-corrected chi connectivity index (χ4v) is 2.32. The highest BCUT2D eigenvalue weighted by molar-refractivity contribution is 5.73. The number of nitrogens with zero attached hydrogens (tertiary/aromatic N) is 1. The molecule has 2 atom stereocenters. The monoisotopic (exact) mass is 264 g/mol. The zero-order valence-corrected chi connectivity index (χ0v) is 11.1. The van der Waals surface area contributed by atoms with Crippen LogP contribution in [0.15, 0.2) is 18.5 Å². The summed E-state index contributed by atoms with van der Waals surface area (Å²) >= 11 is 0. The van der Waals surface area contributed by atoms with Gasteiger partial charge >= 0.3 is 5.97 Å². The van der Waals surface area contributed by atoms with Gasteiger partial charge in [0.05, 0.1) is 12.8 Å². The summed E-state index contributed by atoms with van der Waals surface area (Å²) in [4.78, 5) is 15.2. The van der Waals surface area contributed by atoms with Gasteiger partial charge in [-0.3, -0.25) is 15.1 Å². The molecule has 0 aliphatic carbocycles. The molecule has 2 N–H and O–H groups in total. The molecule has 0 amide bonds. The first-order valence-electron chi connectivity index (χ1n) is 6.77. The first-order chi connectivity index (χ1) is 9.20. The van der Waals surface area contributed by atoms with E-state index >= 15 is 0 Å². The van der Waals surface area contributed by atoms with E-state index in [0.29, 0.717) is 13.0 Å². The van der Waals surface area contributed by atoms with Crippen LogP contribution in [0.1, 0.15) is 44.2 Å². The molecule has 0 spiro atoms. The summed E-state index contributed by atoms with van der Waals surface area (Å²) in [5.41, 5.74) is 1.000. The highest BCUT2D eigenvalue weighted by atomic mass is 16.5. The normalized spacial score (nSPS) is 23.0. The first kappa shape index (κ1) is 13.8. The van der Waals surface area contributed by atoms with Gasteiger partial charge in [-0.25, -0.2) is 0 Å². The molecule has 5 heteroatoms. The molecule has 2 unspecified atom stereocenters. The summed E-state index contributed by atoms with van der Waals surface area (Å²) in [5, 5.41) is 12.2. The average molecular weight is 264 g/mol. The number of carboxylic acids is 1. The maximum Gasteiger partial charge on any atom is 0.320 e. The predicted octanol–water partition coefficient (Wildman–Crippen LogP) is 2.14. The van der Waals surface area contributed by atoms with Crippen molar-refractivity contribution in [2.45, 2.75) is 44.7 Å². The minimum atomic E-state index is -0.781. The molecule has 19 heavy (non-hydrogen) atoms. The Morgan fingerprint density at radius 3 is 3.11 bits per heavy atom. The molecule has 1 saturated heterocycles. The molecule has 104 valence electrons. The van der Waals surface area contributed by atoms with Crippen molar-refractivity contribution in [2.24, 2.45) is 0 Å². The number of aliphatic carboxylic acids is 1. The van der Waals surface area contributed by atoms with Crippen molar-refractivity contribution in [1.82, 2.24) is 10.3 Å². The van der Waals surface area contributed by atoms with Crippen LogP contribution in [0.2, 0.25) is 0 Å². The minimum Gasteiger partial charge on any atom is -0.492 e. The molecular weight excluding hydrogens is 244 g/mol. The number of ether oxygens (including phenoxy) is 1. The minimum absolute atomic E-state index is 0.0486. The van der Waals surface area contributed by atoms with E-state index in [-0.39, 0.29) is 6.04 Å². The van der Waals surface area contributed by atoms with Gasteiger partial charge in [0.1, 0.15) is 11.8 Å². The molecule has 1 aliphatic rings. The Labute approximate surface area is 113 Å².